The van der Waals surface area contributed by atoms with E-state index in [9.17, 15) is 4.39 Å². The summed E-state index contributed by atoms with van der Waals surface area (Å²) in [7, 11) is 0. The van der Waals surface area contributed by atoms with E-state index in [0.717, 1.165) is 13.1 Å². The van der Waals surface area contributed by atoms with Crippen molar-refractivity contribution in [2.75, 3.05) is 26.3 Å². The highest BCUT2D eigenvalue weighted by molar-refractivity contribution is 5.01. The average molecular weight is 256 g/mol. The lowest BCUT2D eigenvalue weighted by Crippen LogP contribution is -2.66. The minimum absolute atomic E-state index is 0.199. The monoisotopic (exact) mass is 256 g/mol. The SMILES string of the molecule is CCC(C)C1CN(CCF)C2(CCCCC2)CN1. The van der Waals surface area contributed by atoms with Crippen LogP contribution in [0.2, 0.25) is 0 Å². The predicted octanol–water partition coefficient (Wildman–Crippen LogP) is 2.98. The van der Waals surface area contributed by atoms with Gasteiger partial charge in [-0.25, -0.2) is 4.39 Å². The van der Waals surface area contributed by atoms with E-state index in [2.05, 4.69) is 24.1 Å². The van der Waals surface area contributed by atoms with Gasteiger partial charge in [-0.05, 0) is 18.8 Å². The fraction of sp³-hybridized carbons (Fsp3) is 1.00. The summed E-state index contributed by atoms with van der Waals surface area (Å²) in [6.45, 7) is 7.10. The van der Waals surface area contributed by atoms with Gasteiger partial charge in [0.25, 0.3) is 0 Å². The van der Waals surface area contributed by atoms with Crippen LogP contribution >= 0.6 is 0 Å². The Kier molecular flexibility index (Phi) is 5.02. The van der Waals surface area contributed by atoms with E-state index in [1.165, 1.54) is 38.5 Å². The number of nitrogens with one attached hydrogen (secondary N) is 1. The zero-order valence-electron chi connectivity index (χ0n) is 12.1. The van der Waals surface area contributed by atoms with Gasteiger partial charge in [0.2, 0.25) is 0 Å². The third-order valence-electron chi connectivity index (χ3n) is 5.25. The van der Waals surface area contributed by atoms with Gasteiger partial charge in [0, 0.05) is 31.2 Å². The van der Waals surface area contributed by atoms with Crippen LogP contribution in [0.5, 0.6) is 0 Å². The molecule has 18 heavy (non-hydrogen) atoms. The zero-order valence-corrected chi connectivity index (χ0v) is 12.1. The predicted molar refractivity (Wildman–Crippen MR) is 74.6 cm³/mol. The standard InChI is InChI=1S/C15H29FN2/c1-3-13(2)14-11-18(10-9-16)15(12-17-14)7-5-4-6-8-15/h13-14,17H,3-12H2,1-2H3. The first-order chi connectivity index (χ1) is 8.72. The molecule has 0 aromatic carbocycles. The minimum Gasteiger partial charge on any atom is -0.311 e. The van der Waals surface area contributed by atoms with Crippen molar-refractivity contribution >= 4 is 0 Å². The molecule has 2 fully saturated rings. The fourth-order valence-corrected chi connectivity index (χ4v) is 3.73. The molecule has 1 spiro atoms. The fourth-order valence-electron chi connectivity index (χ4n) is 3.73. The van der Waals surface area contributed by atoms with E-state index in [-0.39, 0.29) is 12.2 Å². The van der Waals surface area contributed by atoms with E-state index in [1.807, 2.05) is 0 Å². The van der Waals surface area contributed by atoms with Crippen LogP contribution in [0.1, 0.15) is 52.4 Å². The van der Waals surface area contributed by atoms with Gasteiger partial charge in [-0.15, -0.1) is 0 Å². The number of alkyl halides is 1. The Morgan fingerprint density at radius 1 is 1.33 bits per heavy atom. The Hall–Kier alpha value is -0.150. The lowest BCUT2D eigenvalue weighted by Gasteiger charge is -2.53. The molecule has 2 unspecified atom stereocenters. The first kappa shape index (κ1) is 14.3. The van der Waals surface area contributed by atoms with Crippen LogP contribution in [-0.2, 0) is 0 Å². The summed E-state index contributed by atoms with van der Waals surface area (Å²) in [6, 6.07) is 0.550. The Balaban J connectivity index is 2.03. The zero-order chi connectivity index (χ0) is 13.0. The highest BCUT2D eigenvalue weighted by Crippen LogP contribution is 2.36. The third kappa shape index (κ3) is 2.88. The second kappa shape index (κ2) is 6.33. The van der Waals surface area contributed by atoms with Crippen LogP contribution in [0.3, 0.4) is 0 Å². The third-order valence-corrected chi connectivity index (χ3v) is 5.25. The van der Waals surface area contributed by atoms with Crippen LogP contribution in [0.15, 0.2) is 0 Å². The molecule has 1 aliphatic carbocycles. The number of rotatable bonds is 4. The molecule has 0 radical (unpaired) electrons. The molecular weight excluding hydrogens is 227 g/mol. The molecule has 1 saturated heterocycles. The Labute approximate surface area is 111 Å². The largest absolute Gasteiger partial charge is 0.311 e. The summed E-state index contributed by atoms with van der Waals surface area (Å²) < 4.78 is 12.9. The first-order valence-corrected chi connectivity index (χ1v) is 7.76. The van der Waals surface area contributed by atoms with Crippen molar-refractivity contribution in [2.45, 2.75) is 64.0 Å². The summed E-state index contributed by atoms with van der Waals surface area (Å²) in [5, 5.41) is 3.75. The van der Waals surface area contributed by atoms with Crippen LogP contribution < -0.4 is 5.32 Å². The molecule has 0 amide bonds. The molecule has 1 aliphatic heterocycles. The molecule has 2 atom stereocenters. The van der Waals surface area contributed by atoms with E-state index in [0.29, 0.717) is 18.5 Å². The van der Waals surface area contributed by atoms with Crippen molar-refractivity contribution in [1.29, 1.82) is 0 Å². The molecule has 2 aliphatic rings. The molecule has 106 valence electrons. The van der Waals surface area contributed by atoms with Crippen molar-refractivity contribution in [3.8, 4) is 0 Å². The van der Waals surface area contributed by atoms with Crippen molar-refractivity contribution in [1.82, 2.24) is 10.2 Å². The molecular formula is C15H29FN2. The highest BCUT2D eigenvalue weighted by Gasteiger charge is 2.42. The molecule has 3 heteroatoms. The van der Waals surface area contributed by atoms with Gasteiger partial charge >= 0.3 is 0 Å². The second-order valence-electron chi connectivity index (χ2n) is 6.29. The summed E-state index contributed by atoms with van der Waals surface area (Å²) in [5.41, 5.74) is 0.272. The summed E-state index contributed by atoms with van der Waals surface area (Å²) in [6.07, 6.45) is 7.71. The molecule has 2 rings (SSSR count). The van der Waals surface area contributed by atoms with Gasteiger partial charge < -0.3 is 5.32 Å². The molecule has 1 saturated carbocycles. The molecule has 0 aromatic heterocycles. The Bertz CT molecular complexity index is 251. The van der Waals surface area contributed by atoms with E-state index < -0.39 is 0 Å². The van der Waals surface area contributed by atoms with Crippen LogP contribution in [0.4, 0.5) is 4.39 Å². The van der Waals surface area contributed by atoms with Gasteiger partial charge in [-0.2, -0.15) is 0 Å². The quantitative estimate of drug-likeness (QED) is 0.832. The topological polar surface area (TPSA) is 15.3 Å². The number of hydrogen-bond acceptors (Lipinski definition) is 2. The maximum Gasteiger partial charge on any atom is 0.102 e. The smallest absolute Gasteiger partial charge is 0.102 e. The highest BCUT2D eigenvalue weighted by atomic mass is 19.1. The maximum absolute atomic E-state index is 12.9. The van der Waals surface area contributed by atoms with Gasteiger partial charge in [0.05, 0.1) is 0 Å². The second-order valence-corrected chi connectivity index (χ2v) is 6.29. The van der Waals surface area contributed by atoms with Gasteiger partial charge in [-0.1, -0.05) is 39.5 Å². The van der Waals surface area contributed by atoms with E-state index in [4.69, 9.17) is 0 Å². The maximum atomic E-state index is 12.9. The summed E-state index contributed by atoms with van der Waals surface area (Å²) >= 11 is 0. The Morgan fingerprint density at radius 2 is 2.06 bits per heavy atom. The van der Waals surface area contributed by atoms with Crippen molar-refractivity contribution in [3.63, 3.8) is 0 Å². The minimum atomic E-state index is -0.199. The van der Waals surface area contributed by atoms with Crippen molar-refractivity contribution < 1.29 is 4.39 Å². The summed E-state index contributed by atoms with van der Waals surface area (Å²) in [4.78, 5) is 2.47. The van der Waals surface area contributed by atoms with Crippen LogP contribution in [0.25, 0.3) is 0 Å². The van der Waals surface area contributed by atoms with Gasteiger partial charge in [-0.3, -0.25) is 4.90 Å². The lowest BCUT2D eigenvalue weighted by atomic mass is 9.77. The van der Waals surface area contributed by atoms with Crippen LogP contribution in [-0.4, -0.2) is 42.8 Å². The van der Waals surface area contributed by atoms with E-state index in [1.54, 1.807) is 0 Å². The van der Waals surface area contributed by atoms with Gasteiger partial charge in [0.1, 0.15) is 6.67 Å². The molecule has 2 nitrogen and oxygen atoms in total. The number of hydrogen-bond donors (Lipinski definition) is 1. The molecule has 0 aromatic rings. The summed E-state index contributed by atoms with van der Waals surface area (Å²) in [5.74, 6) is 0.688. The average Bonchev–Trinajstić information content (AvgIpc) is 2.42. The first-order valence-electron chi connectivity index (χ1n) is 7.76. The number of piperazine rings is 1. The van der Waals surface area contributed by atoms with Crippen molar-refractivity contribution in [3.05, 3.63) is 0 Å². The molecule has 0 bridgehead atoms. The van der Waals surface area contributed by atoms with Crippen LogP contribution in [0, 0.1) is 5.92 Å². The normalized spacial score (nSPS) is 30.5. The lowest BCUT2D eigenvalue weighted by molar-refractivity contribution is -0.00289. The number of halogens is 1. The van der Waals surface area contributed by atoms with E-state index >= 15 is 0 Å². The Morgan fingerprint density at radius 3 is 2.67 bits per heavy atom. The number of nitrogens with zero attached hydrogens (tertiary/aromatic N) is 1. The van der Waals surface area contributed by atoms with Gasteiger partial charge in [0.15, 0.2) is 0 Å². The molecule has 1 heterocycles. The molecule has 1 N–H and O–H groups in total. The van der Waals surface area contributed by atoms with Crippen molar-refractivity contribution in [2.24, 2.45) is 5.92 Å².